The maximum atomic E-state index is 11.5. The van der Waals surface area contributed by atoms with Gasteiger partial charge in [-0.25, -0.2) is 0 Å². The van der Waals surface area contributed by atoms with Crippen molar-refractivity contribution < 1.29 is 9.72 Å². The van der Waals surface area contributed by atoms with Crippen LogP contribution < -0.4 is 10.6 Å². The highest BCUT2D eigenvalue weighted by Crippen LogP contribution is 2.22. The molecule has 21 heavy (non-hydrogen) atoms. The number of hydrogen-bond acceptors (Lipinski definition) is 4. The van der Waals surface area contributed by atoms with E-state index in [1.54, 1.807) is 12.1 Å². The highest BCUT2D eigenvalue weighted by Gasteiger charge is 2.13. The second-order valence-electron chi connectivity index (χ2n) is 5.15. The number of amides is 1. The molecule has 1 aromatic rings. The average molecular weight is 358 g/mol. The molecule has 7 heteroatoms. The first-order valence-corrected chi connectivity index (χ1v) is 7.59. The zero-order valence-electron chi connectivity index (χ0n) is 12.2. The minimum atomic E-state index is -0.404. The Labute approximate surface area is 132 Å². The number of benzene rings is 1. The van der Waals surface area contributed by atoms with Crippen LogP contribution in [0, 0.1) is 16.0 Å². The molecule has 0 spiro atoms. The van der Waals surface area contributed by atoms with Gasteiger partial charge in [0.05, 0.1) is 4.92 Å². The van der Waals surface area contributed by atoms with Gasteiger partial charge in [0, 0.05) is 42.2 Å². The smallest absolute Gasteiger partial charge is 0.273 e. The predicted molar refractivity (Wildman–Crippen MR) is 85.0 cm³/mol. The van der Waals surface area contributed by atoms with Crippen LogP contribution in [0.5, 0.6) is 0 Å². The second-order valence-corrected chi connectivity index (χ2v) is 6.07. The number of rotatable bonds is 8. The molecule has 0 saturated carbocycles. The molecule has 0 aliphatic heterocycles. The second kappa shape index (κ2) is 8.74. The summed E-state index contributed by atoms with van der Waals surface area (Å²) in [5.74, 6) is 0.408. The van der Waals surface area contributed by atoms with Crippen LogP contribution in [0.15, 0.2) is 22.7 Å². The molecule has 0 unspecified atom stereocenters. The first-order chi connectivity index (χ1) is 9.90. The van der Waals surface area contributed by atoms with Crippen molar-refractivity contribution in [3.8, 4) is 0 Å². The van der Waals surface area contributed by atoms with E-state index < -0.39 is 4.92 Å². The maximum Gasteiger partial charge on any atom is 0.273 e. The van der Waals surface area contributed by atoms with Gasteiger partial charge < -0.3 is 10.6 Å². The molecule has 0 aromatic heterocycles. The third-order valence-electron chi connectivity index (χ3n) is 2.79. The van der Waals surface area contributed by atoms with Gasteiger partial charge >= 0.3 is 0 Å². The molecule has 0 aliphatic rings. The Balaban J connectivity index is 2.41. The average Bonchev–Trinajstić information content (AvgIpc) is 2.41. The lowest BCUT2D eigenvalue weighted by Crippen LogP contribution is -2.30. The number of nitro groups is 1. The van der Waals surface area contributed by atoms with Crippen molar-refractivity contribution in [1.82, 2.24) is 10.6 Å². The molecule has 0 fully saturated rings. The maximum absolute atomic E-state index is 11.5. The molecule has 0 radical (unpaired) electrons. The zero-order valence-corrected chi connectivity index (χ0v) is 13.8. The number of nitrogens with one attached hydrogen (secondary N) is 2. The van der Waals surface area contributed by atoms with Crippen LogP contribution >= 0.6 is 15.9 Å². The monoisotopic (exact) mass is 357 g/mol. The molecule has 0 bridgehead atoms. The van der Waals surface area contributed by atoms with Gasteiger partial charge in [-0.1, -0.05) is 29.8 Å². The molecule has 116 valence electrons. The third-order valence-corrected chi connectivity index (χ3v) is 3.28. The number of hydrogen-bond donors (Lipinski definition) is 2. The SMILES string of the molecule is CC(C)CNC(=O)CCNCc1cc(Br)ccc1[N+](=O)[O-]. The summed E-state index contributed by atoms with van der Waals surface area (Å²) >= 11 is 3.30. The first-order valence-electron chi connectivity index (χ1n) is 6.80. The van der Waals surface area contributed by atoms with Crippen LogP contribution in [0.2, 0.25) is 0 Å². The topological polar surface area (TPSA) is 84.3 Å². The van der Waals surface area contributed by atoms with Crippen LogP contribution in [-0.2, 0) is 11.3 Å². The van der Waals surface area contributed by atoms with Crippen LogP contribution in [-0.4, -0.2) is 23.9 Å². The van der Waals surface area contributed by atoms with Crippen molar-refractivity contribution in [2.75, 3.05) is 13.1 Å². The molecule has 1 aromatic carbocycles. The standard InChI is InChI=1S/C14H20BrN3O3/c1-10(2)8-17-14(19)5-6-16-9-11-7-12(15)3-4-13(11)18(20)21/h3-4,7,10,16H,5-6,8-9H2,1-2H3,(H,17,19). The molecule has 0 atom stereocenters. The van der Waals surface area contributed by atoms with Crippen LogP contribution in [0.1, 0.15) is 25.8 Å². The fraction of sp³-hybridized carbons (Fsp3) is 0.500. The van der Waals surface area contributed by atoms with Gasteiger partial charge in [-0.2, -0.15) is 0 Å². The number of carbonyl (C=O) groups excluding carboxylic acids is 1. The fourth-order valence-electron chi connectivity index (χ4n) is 1.71. The van der Waals surface area contributed by atoms with Gasteiger partial charge in [-0.3, -0.25) is 14.9 Å². The van der Waals surface area contributed by atoms with Gasteiger partial charge in [0.15, 0.2) is 0 Å². The molecule has 2 N–H and O–H groups in total. The van der Waals surface area contributed by atoms with E-state index in [0.717, 1.165) is 4.47 Å². The molecule has 1 rings (SSSR count). The Hall–Kier alpha value is -1.47. The molecular weight excluding hydrogens is 338 g/mol. The van der Waals surface area contributed by atoms with Gasteiger partial charge in [0.2, 0.25) is 5.91 Å². The first kappa shape index (κ1) is 17.6. The summed E-state index contributed by atoms with van der Waals surface area (Å²) in [6.07, 6.45) is 0.356. The summed E-state index contributed by atoms with van der Waals surface area (Å²) in [7, 11) is 0. The Kier molecular flexibility index (Phi) is 7.31. The highest BCUT2D eigenvalue weighted by atomic mass is 79.9. The van der Waals surface area contributed by atoms with E-state index in [4.69, 9.17) is 0 Å². The van der Waals surface area contributed by atoms with Crippen molar-refractivity contribution in [1.29, 1.82) is 0 Å². The molecule has 1 amide bonds. The van der Waals surface area contributed by atoms with Crippen molar-refractivity contribution in [2.45, 2.75) is 26.8 Å². The third kappa shape index (κ3) is 6.68. The van der Waals surface area contributed by atoms with E-state index in [2.05, 4.69) is 26.6 Å². The van der Waals surface area contributed by atoms with E-state index >= 15 is 0 Å². The van der Waals surface area contributed by atoms with Gasteiger partial charge in [0.25, 0.3) is 5.69 Å². The highest BCUT2D eigenvalue weighted by molar-refractivity contribution is 9.10. The number of halogens is 1. The molecule has 0 aliphatic carbocycles. The Morgan fingerprint density at radius 2 is 2.14 bits per heavy atom. The Morgan fingerprint density at radius 1 is 1.43 bits per heavy atom. The van der Waals surface area contributed by atoms with Crippen LogP contribution in [0.25, 0.3) is 0 Å². The van der Waals surface area contributed by atoms with E-state index in [1.807, 2.05) is 13.8 Å². The van der Waals surface area contributed by atoms with Crippen molar-refractivity contribution in [3.05, 3.63) is 38.3 Å². The number of nitro benzene ring substituents is 1. The quantitative estimate of drug-likeness (QED) is 0.425. The lowest BCUT2D eigenvalue weighted by Gasteiger charge is -2.08. The Morgan fingerprint density at radius 3 is 2.76 bits per heavy atom. The fourth-order valence-corrected chi connectivity index (χ4v) is 2.11. The van der Waals surface area contributed by atoms with E-state index in [-0.39, 0.29) is 11.6 Å². The van der Waals surface area contributed by atoms with Gasteiger partial charge in [-0.05, 0) is 18.1 Å². The summed E-state index contributed by atoms with van der Waals surface area (Å²) in [6.45, 7) is 5.56. The lowest BCUT2D eigenvalue weighted by molar-refractivity contribution is -0.385. The molecule has 0 saturated heterocycles. The van der Waals surface area contributed by atoms with Crippen LogP contribution in [0.3, 0.4) is 0 Å². The largest absolute Gasteiger partial charge is 0.356 e. The van der Waals surface area contributed by atoms with E-state index in [0.29, 0.717) is 37.5 Å². The Bertz CT molecular complexity index is 506. The lowest BCUT2D eigenvalue weighted by atomic mass is 10.2. The van der Waals surface area contributed by atoms with Gasteiger partial charge in [0.1, 0.15) is 0 Å². The minimum absolute atomic E-state index is 0.0139. The summed E-state index contributed by atoms with van der Waals surface area (Å²) in [5, 5.41) is 16.8. The van der Waals surface area contributed by atoms with Gasteiger partial charge in [-0.15, -0.1) is 0 Å². The minimum Gasteiger partial charge on any atom is -0.356 e. The van der Waals surface area contributed by atoms with Crippen molar-refractivity contribution in [2.24, 2.45) is 5.92 Å². The normalized spacial score (nSPS) is 10.7. The zero-order chi connectivity index (χ0) is 15.8. The van der Waals surface area contributed by atoms with Crippen molar-refractivity contribution in [3.63, 3.8) is 0 Å². The molecular formula is C14H20BrN3O3. The predicted octanol–water partition coefficient (Wildman–Crippen LogP) is 2.61. The van der Waals surface area contributed by atoms with Crippen molar-refractivity contribution >= 4 is 27.5 Å². The van der Waals surface area contributed by atoms with E-state index in [1.165, 1.54) is 6.07 Å². The van der Waals surface area contributed by atoms with E-state index in [9.17, 15) is 14.9 Å². The summed E-state index contributed by atoms with van der Waals surface area (Å²) in [6, 6.07) is 4.82. The summed E-state index contributed by atoms with van der Waals surface area (Å²) < 4.78 is 0.791. The summed E-state index contributed by atoms with van der Waals surface area (Å²) in [4.78, 5) is 22.0. The number of carbonyl (C=O) groups is 1. The van der Waals surface area contributed by atoms with Crippen LogP contribution in [0.4, 0.5) is 5.69 Å². The molecule has 0 heterocycles. The number of nitrogens with zero attached hydrogens (tertiary/aromatic N) is 1. The molecule has 6 nitrogen and oxygen atoms in total. The summed E-state index contributed by atoms with van der Waals surface area (Å²) in [5.41, 5.74) is 0.673.